The van der Waals surface area contributed by atoms with E-state index in [2.05, 4.69) is 20.2 Å². The maximum absolute atomic E-state index is 12.2. The molecule has 3 N–H and O–H groups in total. The number of aryl methyl sites for hydroxylation is 1. The first-order chi connectivity index (χ1) is 16.9. The Balaban J connectivity index is 0.000000404. The number of rotatable bonds is 3. The lowest BCUT2D eigenvalue weighted by molar-refractivity contribution is -0.193. The van der Waals surface area contributed by atoms with Gasteiger partial charge in [0, 0.05) is 38.6 Å². The monoisotopic (exact) mass is 544 g/mol. The van der Waals surface area contributed by atoms with Gasteiger partial charge in [-0.25, -0.2) is 19.6 Å². The number of hydrogen-bond donors (Lipinski definition) is 3. The van der Waals surface area contributed by atoms with Crippen molar-refractivity contribution in [3.63, 3.8) is 0 Å². The summed E-state index contributed by atoms with van der Waals surface area (Å²) in [6, 6.07) is 1.49. The molecule has 1 aliphatic rings. The molecule has 0 radical (unpaired) electrons. The first-order valence-corrected chi connectivity index (χ1v) is 10.1. The number of carbonyl (C=O) groups is 3. The van der Waals surface area contributed by atoms with E-state index in [9.17, 15) is 35.9 Å². The summed E-state index contributed by atoms with van der Waals surface area (Å²) < 4.78 is 66.8. The molecule has 3 heterocycles. The van der Waals surface area contributed by atoms with E-state index in [1.165, 1.54) is 6.07 Å². The topological polar surface area (TPSA) is 160 Å². The molecule has 37 heavy (non-hydrogen) atoms. The largest absolute Gasteiger partial charge is 0.490 e. The fourth-order valence-electron chi connectivity index (χ4n) is 2.71. The van der Waals surface area contributed by atoms with Crippen LogP contribution >= 0.6 is 0 Å². The van der Waals surface area contributed by atoms with Gasteiger partial charge < -0.3 is 20.1 Å². The molecule has 1 aliphatic heterocycles. The van der Waals surface area contributed by atoms with Gasteiger partial charge in [0.15, 0.2) is 5.82 Å². The van der Waals surface area contributed by atoms with Gasteiger partial charge in [0.1, 0.15) is 5.82 Å². The second-order valence-electron chi connectivity index (χ2n) is 7.40. The minimum Gasteiger partial charge on any atom is -0.475 e. The number of alkyl halides is 6. The van der Waals surface area contributed by atoms with E-state index >= 15 is 0 Å². The summed E-state index contributed by atoms with van der Waals surface area (Å²) in [5.41, 5.74) is 0.505. The van der Waals surface area contributed by atoms with E-state index in [0.29, 0.717) is 24.6 Å². The van der Waals surface area contributed by atoms with Crippen LogP contribution in [0.3, 0.4) is 0 Å². The molecule has 0 aromatic carbocycles. The number of imidazole rings is 1. The molecule has 2 aromatic rings. The van der Waals surface area contributed by atoms with Gasteiger partial charge in [-0.2, -0.15) is 26.3 Å². The number of carboxylic acid groups (broad SMARTS) is 2. The maximum atomic E-state index is 12.2. The van der Waals surface area contributed by atoms with Crippen molar-refractivity contribution in [2.75, 3.05) is 13.6 Å². The van der Waals surface area contributed by atoms with Gasteiger partial charge in [-0.15, -0.1) is 0 Å². The summed E-state index contributed by atoms with van der Waals surface area (Å²) in [7, 11) is 3.77. The molecule has 0 bridgehead atoms. The molecule has 18 heteroatoms. The molecule has 12 nitrogen and oxygen atoms in total. The van der Waals surface area contributed by atoms with Crippen LogP contribution in [0, 0.1) is 0 Å². The molecule has 0 fully saturated rings. The fourth-order valence-corrected chi connectivity index (χ4v) is 2.71. The molecular weight excluding hydrogens is 522 g/mol. The zero-order valence-corrected chi connectivity index (χ0v) is 19.3. The number of amides is 1. The van der Waals surface area contributed by atoms with Crippen molar-refractivity contribution in [2.45, 2.75) is 38.4 Å². The van der Waals surface area contributed by atoms with Crippen LogP contribution < -0.4 is 10.9 Å². The molecular formula is C19H22F6N6O6. The van der Waals surface area contributed by atoms with Crippen molar-refractivity contribution < 1.29 is 50.9 Å². The highest BCUT2D eigenvalue weighted by molar-refractivity contribution is 5.90. The summed E-state index contributed by atoms with van der Waals surface area (Å²) >= 11 is 0. The molecule has 1 amide bonds. The predicted octanol–water partition coefficient (Wildman–Crippen LogP) is 1.01. The van der Waals surface area contributed by atoms with Crippen molar-refractivity contribution in [2.24, 2.45) is 7.05 Å². The van der Waals surface area contributed by atoms with Crippen LogP contribution in [0.2, 0.25) is 0 Å². The number of nitrogens with zero attached hydrogens (tertiary/aromatic N) is 5. The third-order valence-corrected chi connectivity index (χ3v) is 4.41. The minimum atomic E-state index is -5.08. The zero-order valence-electron chi connectivity index (χ0n) is 19.3. The van der Waals surface area contributed by atoms with E-state index < -0.39 is 24.3 Å². The summed E-state index contributed by atoms with van der Waals surface area (Å²) in [5, 5.41) is 17.0. The van der Waals surface area contributed by atoms with Gasteiger partial charge in [0.05, 0.1) is 18.8 Å². The summed E-state index contributed by atoms with van der Waals surface area (Å²) in [4.78, 5) is 52.8. The number of carbonyl (C=O) groups excluding carboxylic acids is 1. The standard InChI is InChI=1S/C15H20N6O2.2C2HF3O2/c1-19-5-3-6-21-12(10-19)18-11(8-13(21)22)9-17-15(23)14-16-4-7-20(14)2;2*3-2(4,5)1(6)7/h4,7-8H,3,5-6,9-10H2,1-2H3,(H,17,23);2*(H,6,7). The van der Waals surface area contributed by atoms with Crippen LogP contribution in [0.25, 0.3) is 0 Å². The highest BCUT2D eigenvalue weighted by Gasteiger charge is 2.38. The number of hydrogen-bond acceptors (Lipinski definition) is 7. The third kappa shape index (κ3) is 10.3. The fraction of sp³-hybridized carbons (Fsp3) is 0.474. The summed E-state index contributed by atoms with van der Waals surface area (Å²) in [6.45, 7) is 2.47. The zero-order chi connectivity index (χ0) is 28.6. The highest BCUT2D eigenvalue weighted by atomic mass is 19.4. The quantitative estimate of drug-likeness (QED) is 0.479. The highest BCUT2D eigenvalue weighted by Crippen LogP contribution is 2.13. The summed E-state index contributed by atoms with van der Waals surface area (Å²) in [5.74, 6) is -4.72. The Bertz CT molecular complexity index is 1140. The Morgan fingerprint density at radius 1 is 1.03 bits per heavy atom. The van der Waals surface area contributed by atoms with Gasteiger partial charge >= 0.3 is 24.3 Å². The van der Waals surface area contributed by atoms with Gasteiger partial charge in [-0.3, -0.25) is 19.1 Å². The smallest absolute Gasteiger partial charge is 0.475 e. The van der Waals surface area contributed by atoms with E-state index in [-0.39, 0.29) is 18.0 Å². The second-order valence-corrected chi connectivity index (χ2v) is 7.40. The lowest BCUT2D eigenvalue weighted by Gasteiger charge is -2.13. The number of nitrogens with one attached hydrogen (secondary N) is 1. The number of fused-ring (bicyclic) bond motifs is 1. The number of halogens is 6. The first-order valence-electron chi connectivity index (χ1n) is 10.1. The SMILES string of the molecule is CN1CCCn2c(nc(CNC(=O)c3nccn3C)cc2=O)C1.O=C(O)C(F)(F)F.O=C(O)C(F)(F)F. The molecule has 3 rings (SSSR count). The van der Waals surface area contributed by atoms with Gasteiger partial charge in [0.2, 0.25) is 0 Å². The average Bonchev–Trinajstić information content (AvgIpc) is 3.09. The lowest BCUT2D eigenvalue weighted by atomic mass is 10.3. The van der Waals surface area contributed by atoms with Crippen LogP contribution in [0.1, 0.15) is 28.6 Å². The Morgan fingerprint density at radius 2 is 1.57 bits per heavy atom. The van der Waals surface area contributed by atoms with E-state index in [4.69, 9.17) is 19.8 Å². The Hall–Kier alpha value is -3.96. The Morgan fingerprint density at radius 3 is 2.03 bits per heavy atom. The van der Waals surface area contributed by atoms with Gasteiger partial charge in [-0.05, 0) is 13.5 Å². The average molecular weight is 544 g/mol. The van der Waals surface area contributed by atoms with Gasteiger partial charge in [-0.1, -0.05) is 0 Å². The molecule has 0 saturated heterocycles. The van der Waals surface area contributed by atoms with E-state index in [1.54, 1.807) is 28.6 Å². The van der Waals surface area contributed by atoms with E-state index in [0.717, 1.165) is 18.8 Å². The number of aliphatic carboxylic acids is 2. The van der Waals surface area contributed by atoms with Crippen LogP contribution in [0.15, 0.2) is 23.3 Å². The third-order valence-electron chi connectivity index (χ3n) is 4.41. The van der Waals surface area contributed by atoms with Crippen molar-refractivity contribution in [3.05, 3.63) is 46.2 Å². The normalized spacial score (nSPS) is 13.6. The van der Waals surface area contributed by atoms with Crippen molar-refractivity contribution in [3.8, 4) is 0 Å². The Labute approximate surface area is 204 Å². The second kappa shape index (κ2) is 12.8. The van der Waals surface area contributed by atoms with Gasteiger partial charge in [0.25, 0.3) is 11.5 Å². The molecule has 0 saturated carbocycles. The van der Waals surface area contributed by atoms with Crippen LogP contribution in [0.4, 0.5) is 26.3 Å². The first kappa shape index (κ1) is 31.1. The van der Waals surface area contributed by atoms with Crippen LogP contribution in [-0.4, -0.2) is 78.0 Å². The predicted molar refractivity (Wildman–Crippen MR) is 111 cm³/mol. The maximum Gasteiger partial charge on any atom is 0.490 e. The number of carboxylic acids is 2. The minimum absolute atomic E-state index is 0.0634. The lowest BCUT2D eigenvalue weighted by Crippen LogP contribution is -2.30. The summed E-state index contributed by atoms with van der Waals surface area (Å²) in [6.07, 6.45) is -5.96. The van der Waals surface area contributed by atoms with Crippen LogP contribution in [0.5, 0.6) is 0 Å². The van der Waals surface area contributed by atoms with Crippen molar-refractivity contribution >= 4 is 17.8 Å². The molecule has 206 valence electrons. The molecule has 2 aromatic heterocycles. The molecule has 0 atom stereocenters. The molecule has 0 unspecified atom stereocenters. The Kier molecular flexibility index (Phi) is 10.8. The molecule has 0 aliphatic carbocycles. The van der Waals surface area contributed by atoms with Crippen molar-refractivity contribution in [1.82, 2.24) is 29.3 Å². The van der Waals surface area contributed by atoms with E-state index in [1.807, 2.05) is 7.05 Å². The van der Waals surface area contributed by atoms with Crippen LogP contribution in [-0.2, 0) is 36.3 Å². The number of aromatic nitrogens is 4. The van der Waals surface area contributed by atoms with Crippen molar-refractivity contribution in [1.29, 1.82) is 0 Å². The molecule has 0 spiro atoms.